The topological polar surface area (TPSA) is 95.6 Å². The Bertz CT molecular complexity index is 1390. The number of amides is 4. The molecule has 1 saturated heterocycles. The number of nitrogens with one attached hydrogen (secondary N) is 2. The van der Waals surface area contributed by atoms with Gasteiger partial charge >= 0.3 is 5.92 Å². The first-order valence-electron chi connectivity index (χ1n) is 12.4. The summed E-state index contributed by atoms with van der Waals surface area (Å²) >= 11 is 5.80. The smallest absolute Gasteiger partial charge is 0.349 e. The Morgan fingerprint density at radius 3 is 2.29 bits per heavy atom. The molecular formula is C22H24B6ClF2N3O4. The van der Waals surface area contributed by atoms with Crippen LogP contribution >= 0.6 is 11.6 Å². The van der Waals surface area contributed by atoms with Crippen molar-refractivity contribution in [3.05, 3.63) is 51.5 Å². The summed E-state index contributed by atoms with van der Waals surface area (Å²) in [5, 5.41) is 4.12. The van der Waals surface area contributed by atoms with Gasteiger partial charge in [-0.25, -0.2) is 0 Å². The third kappa shape index (κ3) is 4.38. The molecule has 2 atom stereocenters. The second-order valence-electron chi connectivity index (χ2n) is 10.5. The van der Waals surface area contributed by atoms with Crippen molar-refractivity contribution in [1.82, 2.24) is 15.5 Å². The first-order chi connectivity index (χ1) is 17.6. The Kier molecular flexibility index (Phi) is 7.14. The van der Waals surface area contributed by atoms with Crippen molar-refractivity contribution in [2.24, 2.45) is 0 Å². The maximum Gasteiger partial charge on any atom is 0.349 e. The molecule has 2 aromatic rings. The van der Waals surface area contributed by atoms with Gasteiger partial charge in [-0.1, -0.05) is 40.1 Å². The molecule has 2 heterocycles. The van der Waals surface area contributed by atoms with Crippen LogP contribution in [0.2, 0.25) is 5.02 Å². The van der Waals surface area contributed by atoms with Crippen molar-refractivity contribution in [3.63, 3.8) is 0 Å². The van der Waals surface area contributed by atoms with Crippen molar-refractivity contribution in [1.29, 1.82) is 0 Å². The van der Waals surface area contributed by atoms with E-state index in [-0.39, 0.29) is 29.7 Å². The van der Waals surface area contributed by atoms with Crippen LogP contribution in [0, 0.1) is 0 Å². The molecule has 0 bridgehead atoms. The lowest BCUT2D eigenvalue weighted by atomic mass is 9.53. The van der Waals surface area contributed by atoms with E-state index in [2.05, 4.69) is 10.6 Å². The number of rotatable bonds is 5. The third-order valence-corrected chi connectivity index (χ3v) is 8.06. The Balaban J connectivity index is 1.72. The number of carbonyl (C=O) groups excluding carboxylic acids is 4. The van der Waals surface area contributed by atoms with Crippen LogP contribution in [0.5, 0.6) is 0 Å². The van der Waals surface area contributed by atoms with Gasteiger partial charge in [0.25, 0.3) is 11.8 Å². The lowest BCUT2D eigenvalue weighted by Crippen LogP contribution is -2.59. The zero-order valence-electron chi connectivity index (χ0n) is 22.1. The van der Waals surface area contributed by atoms with Crippen molar-refractivity contribution >= 4 is 98.7 Å². The third-order valence-electron chi connectivity index (χ3n) is 7.81. The van der Waals surface area contributed by atoms with Gasteiger partial charge in [0.1, 0.15) is 53.1 Å². The van der Waals surface area contributed by atoms with Gasteiger partial charge in [0.2, 0.25) is 11.8 Å². The van der Waals surface area contributed by atoms with Gasteiger partial charge in [0.05, 0.1) is 0 Å². The average Bonchev–Trinajstić information content (AvgIpc) is 3.03. The highest BCUT2D eigenvalue weighted by molar-refractivity contribution is 6.57. The number of halogens is 3. The molecule has 0 aliphatic carbocycles. The Morgan fingerprint density at radius 2 is 1.71 bits per heavy atom. The number of fused-ring (bicyclic) bond motifs is 1. The van der Waals surface area contributed by atoms with E-state index in [0.717, 1.165) is 12.1 Å². The number of nitrogens with zero attached hydrogens (tertiary/aromatic N) is 1. The van der Waals surface area contributed by atoms with Crippen LogP contribution < -0.4 is 27.0 Å². The molecule has 0 aromatic heterocycles. The maximum atomic E-state index is 15.0. The van der Waals surface area contributed by atoms with E-state index in [1.54, 1.807) is 31.4 Å². The fourth-order valence-corrected chi connectivity index (χ4v) is 6.09. The minimum Gasteiger partial charge on any atom is -0.352 e. The molecule has 2 N–H and O–H groups in total. The molecule has 2 aliphatic heterocycles. The van der Waals surface area contributed by atoms with Gasteiger partial charge in [-0.3, -0.25) is 24.5 Å². The van der Waals surface area contributed by atoms with Crippen LogP contribution in [0.1, 0.15) is 45.8 Å². The van der Waals surface area contributed by atoms with E-state index in [4.69, 9.17) is 11.6 Å². The number of piperidine rings is 1. The Morgan fingerprint density at radius 1 is 1.11 bits per heavy atom. The van der Waals surface area contributed by atoms with Gasteiger partial charge in [-0.2, -0.15) is 8.78 Å². The summed E-state index contributed by atoms with van der Waals surface area (Å²) < 4.78 is 30.0. The SMILES string of the molecule is Bc1c(B)c(C(B)NC(=O)C(F)(F)c2ccc(Cl)cc2)c(B)c2c1C(=O)N(C1CCC(=O)NC1=O)C2(B)B. The van der Waals surface area contributed by atoms with Crippen LogP contribution in [-0.2, 0) is 25.6 Å². The highest BCUT2D eigenvalue weighted by Gasteiger charge is 2.51. The fraction of sp³-hybridized carbons (Fsp3) is 0.273. The summed E-state index contributed by atoms with van der Waals surface area (Å²) in [6, 6.07) is 4.00. The Labute approximate surface area is 229 Å². The summed E-state index contributed by atoms with van der Waals surface area (Å²) in [6.07, 6.45) is 0.337. The molecule has 1 fully saturated rings. The van der Waals surface area contributed by atoms with Crippen LogP contribution in [-0.4, -0.2) is 81.6 Å². The number of benzene rings is 2. The fourth-order valence-electron chi connectivity index (χ4n) is 5.97. The molecule has 0 saturated carbocycles. The summed E-state index contributed by atoms with van der Waals surface area (Å²) in [4.78, 5) is 52.4. The van der Waals surface area contributed by atoms with Gasteiger partial charge in [0, 0.05) is 33.8 Å². The molecular weight excluding hydrogens is 509 g/mol. The predicted molar refractivity (Wildman–Crippen MR) is 157 cm³/mol. The minimum absolute atomic E-state index is 0.125. The zero-order chi connectivity index (χ0) is 28.3. The normalized spacial score (nSPS) is 19.6. The second-order valence-corrected chi connectivity index (χ2v) is 11.0. The zero-order valence-corrected chi connectivity index (χ0v) is 22.8. The van der Waals surface area contributed by atoms with E-state index in [9.17, 15) is 28.0 Å². The standard InChI is InChI=1S/C22H24B6ClF2N3O4/c23-14-12(17(26)33-20(38)21(30,31)7-1-3-8(29)4-2-7)16(25)15(24)11-13(14)22(27,28)34(19(11)37)9-5-6-10(35)32-18(9)36/h1-4,9,17H,5-6,23-28H2,(H,33,38)(H,32,35,36). The van der Waals surface area contributed by atoms with Gasteiger partial charge < -0.3 is 10.2 Å². The van der Waals surface area contributed by atoms with E-state index >= 15 is 0 Å². The number of alkyl halides is 2. The van der Waals surface area contributed by atoms with Crippen LogP contribution in [0.3, 0.4) is 0 Å². The largest absolute Gasteiger partial charge is 0.352 e. The molecule has 2 aromatic carbocycles. The van der Waals surface area contributed by atoms with E-state index in [1.807, 2.05) is 15.7 Å². The number of carbonyl (C=O) groups is 4. The molecule has 0 spiro atoms. The maximum absolute atomic E-state index is 15.0. The van der Waals surface area contributed by atoms with Crippen molar-refractivity contribution in [3.8, 4) is 0 Å². The molecule has 0 radical (unpaired) electrons. The monoisotopic (exact) mass is 533 g/mol. The van der Waals surface area contributed by atoms with E-state index < -0.39 is 40.6 Å². The molecule has 190 valence electrons. The summed E-state index contributed by atoms with van der Waals surface area (Å²) in [6.45, 7) is 0. The quantitative estimate of drug-likeness (QED) is 0.297. The lowest BCUT2D eigenvalue weighted by molar-refractivity contribution is -0.147. The first kappa shape index (κ1) is 28.1. The highest BCUT2D eigenvalue weighted by Crippen LogP contribution is 2.37. The second kappa shape index (κ2) is 9.67. The number of imide groups is 1. The molecule has 2 aliphatic rings. The van der Waals surface area contributed by atoms with E-state index in [0.29, 0.717) is 33.1 Å². The molecule has 2 unspecified atom stereocenters. The van der Waals surface area contributed by atoms with Gasteiger partial charge in [0.15, 0.2) is 0 Å². The summed E-state index contributed by atoms with van der Waals surface area (Å²) in [5.41, 5.74) is 3.32. The number of hydrogen-bond acceptors (Lipinski definition) is 4. The first-order valence-corrected chi connectivity index (χ1v) is 12.7. The Hall–Kier alpha value is -2.94. The molecule has 4 amide bonds. The van der Waals surface area contributed by atoms with Crippen LogP contribution in [0.25, 0.3) is 0 Å². The predicted octanol–water partition coefficient (Wildman–Crippen LogP) is -5.71. The van der Waals surface area contributed by atoms with Crippen molar-refractivity contribution in [2.75, 3.05) is 0 Å². The van der Waals surface area contributed by atoms with Crippen LogP contribution in [0.15, 0.2) is 24.3 Å². The van der Waals surface area contributed by atoms with Gasteiger partial charge in [-0.15, -0.1) is 0 Å². The van der Waals surface area contributed by atoms with Gasteiger partial charge in [-0.05, 0) is 29.7 Å². The molecule has 4 rings (SSSR count). The number of hydrogen-bond donors (Lipinski definition) is 2. The lowest BCUT2D eigenvalue weighted by Gasteiger charge is -2.40. The average molecular weight is 533 g/mol. The molecule has 38 heavy (non-hydrogen) atoms. The summed E-state index contributed by atoms with van der Waals surface area (Å²) in [7, 11) is 10.6. The van der Waals surface area contributed by atoms with Crippen molar-refractivity contribution < 1.29 is 28.0 Å². The molecule has 7 nitrogen and oxygen atoms in total. The van der Waals surface area contributed by atoms with Crippen molar-refractivity contribution in [2.45, 2.75) is 36.1 Å². The minimum atomic E-state index is -3.79. The highest BCUT2D eigenvalue weighted by atomic mass is 35.5. The van der Waals surface area contributed by atoms with E-state index in [1.165, 1.54) is 17.0 Å². The van der Waals surface area contributed by atoms with Crippen LogP contribution in [0.4, 0.5) is 8.78 Å². The summed E-state index contributed by atoms with van der Waals surface area (Å²) in [5.74, 6) is -7.26. The molecule has 16 heteroatoms.